The zero-order valence-corrected chi connectivity index (χ0v) is 17.5. The molecule has 30 heavy (non-hydrogen) atoms. The van der Waals surface area contributed by atoms with Crippen molar-refractivity contribution in [2.75, 3.05) is 19.0 Å². The van der Waals surface area contributed by atoms with Crippen LogP contribution in [0.3, 0.4) is 0 Å². The smallest absolute Gasteiger partial charge is 0.256 e. The minimum absolute atomic E-state index is 0.217. The predicted octanol–water partition coefficient (Wildman–Crippen LogP) is 2.67. The number of carbonyl (C=O) groups excluding carboxylic acids is 2. The van der Waals surface area contributed by atoms with Crippen molar-refractivity contribution in [3.63, 3.8) is 0 Å². The topological polar surface area (TPSA) is 98.1 Å². The van der Waals surface area contributed by atoms with Crippen LogP contribution in [0.15, 0.2) is 42.7 Å². The zero-order chi connectivity index (χ0) is 21.7. The van der Waals surface area contributed by atoms with E-state index in [2.05, 4.69) is 20.8 Å². The van der Waals surface area contributed by atoms with E-state index in [0.29, 0.717) is 35.5 Å². The molecule has 8 heteroatoms. The van der Waals surface area contributed by atoms with Gasteiger partial charge in [0.25, 0.3) is 11.8 Å². The van der Waals surface area contributed by atoms with Gasteiger partial charge in [-0.25, -0.2) is 0 Å². The van der Waals surface area contributed by atoms with E-state index in [1.165, 1.54) is 0 Å². The molecule has 1 aromatic heterocycles. The molecule has 2 aromatic carbocycles. The zero-order valence-electron chi connectivity index (χ0n) is 17.5. The standard InChI is InChI=1S/C22H25N5O3/c1-14-8-9-16(21(28)23-11-10-20-26-24-13-27(20)3)12-18(14)25-22(29)17-6-5-7-19(30-4)15(17)2/h5-9,12-13H,10-11H2,1-4H3,(H,23,28)(H,25,29). The highest BCUT2D eigenvalue weighted by Crippen LogP contribution is 2.23. The third-order valence-electron chi connectivity index (χ3n) is 4.94. The van der Waals surface area contributed by atoms with Gasteiger partial charge >= 0.3 is 0 Å². The molecule has 0 atom stereocenters. The number of rotatable bonds is 7. The fourth-order valence-electron chi connectivity index (χ4n) is 3.09. The first-order valence-electron chi connectivity index (χ1n) is 9.57. The van der Waals surface area contributed by atoms with Gasteiger partial charge in [0.2, 0.25) is 0 Å². The summed E-state index contributed by atoms with van der Waals surface area (Å²) in [7, 11) is 3.43. The molecule has 1 heterocycles. The number of nitrogens with one attached hydrogen (secondary N) is 2. The number of amides is 2. The minimum atomic E-state index is -0.255. The Kier molecular flexibility index (Phi) is 6.46. The van der Waals surface area contributed by atoms with Crippen molar-refractivity contribution in [2.24, 2.45) is 7.05 Å². The molecule has 0 saturated heterocycles. The van der Waals surface area contributed by atoms with E-state index in [1.807, 2.05) is 37.6 Å². The van der Waals surface area contributed by atoms with Gasteiger partial charge in [-0.2, -0.15) is 0 Å². The van der Waals surface area contributed by atoms with Gasteiger partial charge in [0.15, 0.2) is 0 Å². The molecule has 0 saturated carbocycles. The lowest BCUT2D eigenvalue weighted by Gasteiger charge is -2.13. The fourth-order valence-corrected chi connectivity index (χ4v) is 3.09. The minimum Gasteiger partial charge on any atom is -0.496 e. The summed E-state index contributed by atoms with van der Waals surface area (Å²) in [5.41, 5.74) is 3.19. The second-order valence-electron chi connectivity index (χ2n) is 6.98. The summed E-state index contributed by atoms with van der Waals surface area (Å²) in [5, 5.41) is 13.6. The largest absolute Gasteiger partial charge is 0.496 e. The first-order valence-corrected chi connectivity index (χ1v) is 9.57. The maximum Gasteiger partial charge on any atom is 0.256 e. The van der Waals surface area contributed by atoms with Gasteiger partial charge in [0, 0.05) is 42.4 Å². The number of carbonyl (C=O) groups is 2. The van der Waals surface area contributed by atoms with E-state index in [1.54, 1.807) is 37.7 Å². The molecule has 0 radical (unpaired) electrons. The van der Waals surface area contributed by atoms with Crippen LogP contribution in [0.25, 0.3) is 0 Å². The van der Waals surface area contributed by atoms with Gasteiger partial charge in [-0.15, -0.1) is 10.2 Å². The van der Waals surface area contributed by atoms with Crippen LogP contribution >= 0.6 is 0 Å². The summed E-state index contributed by atoms with van der Waals surface area (Å²) in [6.45, 7) is 4.15. The summed E-state index contributed by atoms with van der Waals surface area (Å²) in [6, 6.07) is 10.6. The number of hydrogen-bond donors (Lipinski definition) is 2. The molecule has 3 aromatic rings. The van der Waals surface area contributed by atoms with E-state index in [0.717, 1.165) is 17.0 Å². The third-order valence-corrected chi connectivity index (χ3v) is 4.94. The molecule has 0 fully saturated rings. The Hall–Kier alpha value is -3.68. The molecule has 0 aliphatic rings. The summed E-state index contributed by atoms with van der Waals surface area (Å²) in [6.07, 6.45) is 2.20. The maximum atomic E-state index is 12.8. The Labute approximate surface area is 175 Å². The van der Waals surface area contributed by atoms with Crippen molar-refractivity contribution in [3.8, 4) is 5.75 Å². The van der Waals surface area contributed by atoms with E-state index >= 15 is 0 Å². The fraction of sp³-hybridized carbons (Fsp3) is 0.273. The number of ether oxygens (including phenoxy) is 1. The molecule has 2 N–H and O–H groups in total. The first-order chi connectivity index (χ1) is 14.4. The molecule has 156 valence electrons. The molecule has 8 nitrogen and oxygen atoms in total. The lowest BCUT2D eigenvalue weighted by molar-refractivity contribution is 0.0952. The second kappa shape index (κ2) is 9.21. The first kappa shape index (κ1) is 21.0. The monoisotopic (exact) mass is 407 g/mol. The number of nitrogens with zero attached hydrogens (tertiary/aromatic N) is 3. The second-order valence-corrected chi connectivity index (χ2v) is 6.98. The Morgan fingerprint density at radius 1 is 1.13 bits per heavy atom. The van der Waals surface area contributed by atoms with E-state index in [4.69, 9.17) is 4.74 Å². The van der Waals surface area contributed by atoms with Crippen LogP contribution in [0.5, 0.6) is 5.75 Å². The quantitative estimate of drug-likeness (QED) is 0.627. The molecule has 3 rings (SSSR count). The van der Waals surface area contributed by atoms with Crippen molar-refractivity contribution >= 4 is 17.5 Å². The van der Waals surface area contributed by atoms with Crippen LogP contribution in [0.1, 0.15) is 37.7 Å². The molecule has 0 spiro atoms. The molecule has 2 amide bonds. The van der Waals surface area contributed by atoms with Crippen LogP contribution < -0.4 is 15.4 Å². The average molecular weight is 407 g/mol. The summed E-state index contributed by atoms with van der Waals surface area (Å²) >= 11 is 0. The predicted molar refractivity (Wildman–Crippen MR) is 114 cm³/mol. The van der Waals surface area contributed by atoms with Gasteiger partial charge in [-0.05, 0) is 43.7 Å². The Morgan fingerprint density at radius 3 is 2.63 bits per heavy atom. The molecule has 0 unspecified atom stereocenters. The summed E-state index contributed by atoms with van der Waals surface area (Å²) in [5.74, 6) is 0.968. The van der Waals surface area contributed by atoms with Gasteiger partial charge in [-0.1, -0.05) is 12.1 Å². The van der Waals surface area contributed by atoms with Crippen LogP contribution in [-0.2, 0) is 13.5 Å². The van der Waals surface area contributed by atoms with Gasteiger partial charge in [0.1, 0.15) is 17.9 Å². The Morgan fingerprint density at radius 2 is 1.93 bits per heavy atom. The van der Waals surface area contributed by atoms with Crippen LogP contribution in [0.2, 0.25) is 0 Å². The molecular formula is C22H25N5O3. The van der Waals surface area contributed by atoms with Crippen molar-refractivity contribution in [1.29, 1.82) is 0 Å². The lowest BCUT2D eigenvalue weighted by Crippen LogP contribution is -2.26. The number of aromatic nitrogens is 3. The van der Waals surface area contributed by atoms with Gasteiger partial charge in [0.05, 0.1) is 7.11 Å². The highest BCUT2D eigenvalue weighted by atomic mass is 16.5. The molecule has 0 bridgehead atoms. The number of methoxy groups -OCH3 is 1. The highest BCUT2D eigenvalue weighted by Gasteiger charge is 2.15. The number of anilines is 1. The third kappa shape index (κ3) is 4.65. The van der Waals surface area contributed by atoms with Crippen molar-refractivity contribution < 1.29 is 14.3 Å². The summed E-state index contributed by atoms with van der Waals surface area (Å²) in [4.78, 5) is 25.3. The van der Waals surface area contributed by atoms with E-state index < -0.39 is 0 Å². The lowest BCUT2D eigenvalue weighted by atomic mass is 10.1. The van der Waals surface area contributed by atoms with Crippen molar-refractivity contribution in [3.05, 3.63) is 70.8 Å². The Bertz CT molecular complexity index is 1070. The van der Waals surface area contributed by atoms with Crippen LogP contribution in [0, 0.1) is 13.8 Å². The number of benzene rings is 2. The van der Waals surface area contributed by atoms with E-state index in [9.17, 15) is 9.59 Å². The van der Waals surface area contributed by atoms with Crippen LogP contribution in [-0.4, -0.2) is 40.2 Å². The molecule has 0 aliphatic carbocycles. The summed E-state index contributed by atoms with van der Waals surface area (Å²) < 4.78 is 7.10. The van der Waals surface area contributed by atoms with Crippen molar-refractivity contribution in [2.45, 2.75) is 20.3 Å². The maximum absolute atomic E-state index is 12.8. The molecule has 0 aliphatic heterocycles. The number of hydrogen-bond acceptors (Lipinski definition) is 5. The van der Waals surface area contributed by atoms with E-state index in [-0.39, 0.29) is 11.8 Å². The number of aryl methyl sites for hydroxylation is 2. The van der Waals surface area contributed by atoms with Crippen LogP contribution in [0.4, 0.5) is 5.69 Å². The highest BCUT2D eigenvalue weighted by molar-refractivity contribution is 6.06. The Balaban J connectivity index is 1.69. The van der Waals surface area contributed by atoms with Crippen molar-refractivity contribution in [1.82, 2.24) is 20.1 Å². The SMILES string of the molecule is COc1cccc(C(=O)Nc2cc(C(=O)NCCc3nncn3C)ccc2C)c1C. The van der Waals surface area contributed by atoms with Gasteiger partial charge in [-0.3, -0.25) is 9.59 Å². The molecular weight excluding hydrogens is 382 g/mol. The normalized spacial score (nSPS) is 10.5. The van der Waals surface area contributed by atoms with Gasteiger partial charge < -0.3 is 19.9 Å². The average Bonchev–Trinajstić information content (AvgIpc) is 3.14.